The lowest BCUT2D eigenvalue weighted by Gasteiger charge is -2.42. The molecule has 4 aliphatic heterocycles. The van der Waals surface area contributed by atoms with Crippen LogP contribution in [0.25, 0.3) is 20.2 Å². The summed E-state index contributed by atoms with van der Waals surface area (Å²) in [5.74, 6) is -1.48. The number of hydrogen-bond acceptors (Lipinski definition) is 12. The Morgan fingerprint density at radius 3 is 1.46 bits per heavy atom. The van der Waals surface area contributed by atoms with Crippen LogP contribution in [-0.2, 0) is 32.0 Å². The number of carboxylic acid groups (broad SMARTS) is 2. The number of piperazine rings is 2. The summed E-state index contributed by atoms with van der Waals surface area (Å²) in [6.45, 7) is 10.5. The number of hydrogen-bond donors (Lipinski definition) is 2. The number of anilines is 4. The van der Waals surface area contributed by atoms with Crippen LogP contribution in [0.1, 0.15) is 68.9 Å². The average Bonchev–Trinajstić information content (AvgIpc) is 4.11. The van der Waals surface area contributed by atoms with E-state index in [4.69, 9.17) is 9.47 Å². The largest absolute Gasteiger partial charge is 0.494 e. The summed E-state index contributed by atoms with van der Waals surface area (Å²) in [5, 5.41) is 27.9. The summed E-state index contributed by atoms with van der Waals surface area (Å²) in [6.07, 6.45) is 4.83. The highest BCUT2D eigenvalue weighted by Gasteiger charge is 2.46. The second kappa shape index (κ2) is 23.6. The van der Waals surface area contributed by atoms with Crippen LogP contribution in [0, 0.1) is 5.41 Å². The highest BCUT2D eigenvalue weighted by Crippen LogP contribution is 2.40. The number of aryl methyl sites for hydroxylation is 2. The lowest BCUT2D eigenvalue weighted by Crippen LogP contribution is -2.54. The summed E-state index contributed by atoms with van der Waals surface area (Å²) in [5.41, 5.74) is 3.94. The molecule has 0 atom stereocenters. The third-order valence-electron chi connectivity index (χ3n) is 15.6. The van der Waals surface area contributed by atoms with Gasteiger partial charge in [-0.1, -0.05) is 24.3 Å². The minimum absolute atomic E-state index is 0.0559. The molecule has 0 saturated carbocycles. The van der Waals surface area contributed by atoms with Crippen LogP contribution >= 0.6 is 22.7 Å². The van der Waals surface area contributed by atoms with Crippen molar-refractivity contribution in [1.82, 2.24) is 9.80 Å². The fourth-order valence-electron chi connectivity index (χ4n) is 11.4. The summed E-state index contributed by atoms with van der Waals surface area (Å²) >= 11 is 3.56. The van der Waals surface area contributed by atoms with Gasteiger partial charge in [0, 0.05) is 128 Å². The molecule has 6 aromatic rings. The molecular formula is C58H68N6O8S2. The molecule has 10 rings (SSSR count). The molecule has 0 radical (unpaired) electrons. The molecule has 4 aromatic carbocycles. The van der Waals surface area contributed by atoms with E-state index in [2.05, 4.69) is 78.9 Å². The van der Waals surface area contributed by atoms with Crippen LogP contribution < -0.4 is 29.1 Å². The molecule has 2 N–H and O–H groups in total. The molecule has 74 heavy (non-hydrogen) atoms. The van der Waals surface area contributed by atoms with Crippen LogP contribution in [-0.4, -0.2) is 136 Å². The normalized spacial score (nSPS) is 16.8. The van der Waals surface area contributed by atoms with Gasteiger partial charge in [-0.3, -0.25) is 29.0 Å². The lowest BCUT2D eigenvalue weighted by molar-refractivity contribution is -0.149. The van der Waals surface area contributed by atoms with Gasteiger partial charge < -0.3 is 39.3 Å². The van der Waals surface area contributed by atoms with Crippen LogP contribution in [0.15, 0.2) is 95.7 Å². The SMILES string of the molecule is O=C(O)CCCC(CN1C(=O)CCc2ccc(OCCCCN3CCN(c4cccc5sccc45)CC3)cc21)(CN1C(=O)CCc2ccc(OCCCCN3CCN(c4cccc5sccc45)CC3)cc21)C(=O)O. The number of carbonyl (C=O) groups excluding carboxylic acids is 2. The van der Waals surface area contributed by atoms with Crippen LogP contribution in [0.3, 0.4) is 0 Å². The van der Waals surface area contributed by atoms with Crippen molar-refractivity contribution in [1.29, 1.82) is 0 Å². The molecule has 0 unspecified atom stereocenters. The molecule has 2 saturated heterocycles. The molecule has 6 heterocycles. The average molecular weight is 1040 g/mol. The van der Waals surface area contributed by atoms with Gasteiger partial charge in [0.05, 0.1) is 24.6 Å². The van der Waals surface area contributed by atoms with Crippen molar-refractivity contribution >= 4 is 89.3 Å². The molecule has 4 aliphatic rings. The van der Waals surface area contributed by atoms with E-state index < -0.39 is 17.4 Å². The zero-order valence-electron chi connectivity index (χ0n) is 42.3. The Balaban J connectivity index is 0.749. The minimum Gasteiger partial charge on any atom is -0.494 e. The number of carbonyl (C=O) groups is 4. The quantitative estimate of drug-likeness (QED) is 0.0590. The number of rotatable bonds is 23. The van der Waals surface area contributed by atoms with Gasteiger partial charge in [0.2, 0.25) is 11.8 Å². The van der Waals surface area contributed by atoms with Crippen molar-refractivity contribution in [3.63, 3.8) is 0 Å². The number of aliphatic carboxylic acids is 2. The van der Waals surface area contributed by atoms with Crippen molar-refractivity contribution in [2.45, 2.75) is 70.6 Å². The Morgan fingerprint density at radius 2 is 1.01 bits per heavy atom. The van der Waals surface area contributed by atoms with Crippen LogP contribution in [0.5, 0.6) is 11.5 Å². The maximum absolute atomic E-state index is 14.0. The zero-order valence-corrected chi connectivity index (χ0v) is 43.9. The number of fused-ring (bicyclic) bond motifs is 4. The summed E-state index contributed by atoms with van der Waals surface area (Å²) < 4.78 is 15.2. The van der Waals surface area contributed by atoms with Gasteiger partial charge in [-0.15, -0.1) is 22.7 Å². The Bertz CT molecular complexity index is 2760. The molecule has 2 amide bonds. The van der Waals surface area contributed by atoms with Gasteiger partial charge in [0.25, 0.3) is 0 Å². The van der Waals surface area contributed by atoms with E-state index in [1.54, 1.807) is 32.5 Å². The van der Waals surface area contributed by atoms with E-state index >= 15 is 0 Å². The number of nitrogens with zero attached hydrogens (tertiary/aromatic N) is 6. The maximum atomic E-state index is 14.0. The van der Waals surface area contributed by atoms with E-state index in [1.807, 2.05) is 36.4 Å². The number of benzene rings is 4. The van der Waals surface area contributed by atoms with Gasteiger partial charge in [-0.25, -0.2) is 0 Å². The molecule has 0 aliphatic carbocycles. The second-order valence-electron chi connectivity index (χ2n) is 20.4. The van der Waals surface area contributed by atoms with E-state index in [-0.39, 0.29) is 57.0 Å². The van der Waals surface area contributed by atoms with Gasteiger partial charge in [0.1, 0.15) is 16.9 Å². The number of amides is 2. The maximum Gasteiger partial charge on any atom is 0.313 e. The molecule has 0 spiro atoms. The summed E-state index contributed by atoms with van der Waals surface area (Å²) in [6, 6.07) is 29.0. The third-order valence-corrected chi connectivity index (χ3v) is 17.3. The van der Waals surface area contributed by atoms with Crippen molar-refractivity contribution in [2.75, 3.05) is 111 Å². The fraction of sp³-hybridized carbons (Fsp3) is 0.448. The molecule has 2 fully saturated rings. The molecule has 0 bridgehead atoms. The smallest absolute Gasteiger partial charge is 0.313 e. The number of ether oxygens (including phenoxy) is 2. The van der Waals surface area contributed by atoms with Gasteiger partial charge in [-0.2, -0.15) is 0 Å². The lowest BCUT2D eigenvalue weighted by atomic mass is 9.79. The van der Waals surface area contributed by atoms with Crippen molar-refractivity contribution < 1.29 is 38.9 Å². The van der Waals surface area contributed by atoms with E-state index in [0.717, 1.165) is 102 Å². The van der Waals surface area contributed by atoms with Crippen LogP contribution in [0.4, 0.5) is 22.7 Å². The van der Waals surface area contributed by atoms with E-state index in [9.17, 15) is 29.4 Å². The summed E-state index contributed by atoms with van der Waals surface area (Å²) in [7, 11) is 0. The van der Waals surface area contributed by atoms with Gasteiger partial charge in [-0.05, 0) is 135 Å². The highest BCUT2D eigenvalue weighted by molar-refractivity contribution is 7.17. The van der Waals surface area contributed by atoms with E-state index in [1.165, 1.54) is 31.5 Å². The first-order valence-electron chi connectivity index (χ1n) is 26.6. The Morgan fingerprint density at radius 1 is 0.541 bits per heavy atom. The standard InChI is InChI=1S/C58H68N6O8S2/c65-54-19-15-42-13-17-44(71-34-3-1-24-59-26-30-61(31-27-59)48-8-5-10-52-46(48)21-36-73-52)38-50(42)63(54)40-58(57(69)70,23-7-12-56(67)68)41-64-51-39-45(18-14-43(51)16-20-55(64)66)72-35-4-2-25-60-28-32-62(33-29-60)49-9-6-11-53-47(49)22-37-74-53/h5-6,8-11,13-14,17-18,21-22,36-39H,1-4,7,12,15-16,19-20,23-35,40-41H2,(H,67,68)(H,69,70). The van der Waals surface area contributed by atoms with Gasteiger partial charge in [0.15, 0.2) is 0 Å². The predicted molar refractivity (Wildman–Crippen MR) is 296 cm³/mol. The topological polar surface area (TPSA) is 147 Å². The summed E-state index contributed by atoms with van der Waals surface area (Å²) in [4.78, 5) is 66.7. The molecule has 2 aromatic heterocycles. The van der Waals surface area contributed by atoms with Crippen molar-refractivity contribution in [3.8, 4) is 11.5 Å². The number of unbranched alkanes of at least 4 members (excludes halogenated alkanes) is 2. The fourth-order valence-corrected chi connectivity index (χ4v) is 13.0. The molecular weight excluding hydrogens is 973 g/mol. The second-order valence-corrected chi connectivity index (χ2v) is 22.3. The first kappa shape index (κ1) is 51.3. The molecule has 16 heteroatoms. The molecule has 390 valence electrons. The minimum atomic E-state index is -1.69. The number of thiophene rings is 2. The monoisotopic (exact) mass is 1040 g/mol. The third kappa shape index (κ3) is 11.8. The molecule has 14 nitrogen and oxygen atoms in total. The predicted octanol–water partition coefficient (Wildman–Crippen LogP) is 9.66. The Kier molecular flexibility index (Phi) is 16.3. The van der Waals surface area contributed by atoms with E-state index in [0.29, 0.717) is 48.9 Å². The van der Waals surface area contributed by atoms with Crippen molar-refractivity contribution in [2.24, 2.45) is 5.41 Å². The van der Waals surface area contributed by atoms with Crippen molar-refractivity contribution in [3.05, 3.63) is 107 Å². The van der Waals surface area contributed by atoms with Crippen LogP contribution in [0.2, 0.25) is 0 Å². The Labute approximate surface area is 441 Å². The first-order chi connectivity index (χ1) is 36.1. The Hall–Kier alpha value is -6.20. The highest BCUT2D eigenvalue weighted by atomic mass is 32.1. The number of carboxylic acids is 2. The zero-order chi connectivity index (χ0) is 51.0. The van der Waals surface area contributed by atoms with Gasteiger partial charge >= 0.3 is 11.9 Å². The first-order valence-corrected chi connectivity index (χ1v) is 28.3.